The lowest BCUT2D eigenvalue weighted by molar-refractivity contribution is -0.141. The van der Waals surface area contributed by atoms with E-state index in [9.17, 15) is 4.79 Å². The van der Waals surface area contributed by atoms with Gasteiger partial charge < -0.3 is 10.2 Å². The Morgan fingerprint density at radius 2 is 1.75 bits per heavy atom. The largest absolute Gasteiger partial charge is 0.337 e. The Labute approximate surface area is 135 Å². The van der Waals surface area contributed by atoms with Crippen molar-refractivity contribution >= 4 is 30.7 Å². The maximum absolute atomic E-state index is 12.5. The van der Waals surface area contributed by atoms with Crippen LogP contribution in [0.25, 0.3) is 0 Å². The Morgan fingerprint density at radius 3 is 2.25 bits per heavy atom. The van der Waals surface area contributed by atoms with Gasteiger partial charge in [0.25, 0.3) is 0 Å². The number of rotatable bonds is 2. The van der Waals surface area contributed by atoms with Crippen molar-refractivity contribution in [2.45, 2.75) is 45.7 Å². The van der Waals surface area contributed by atoms with E-state index >= 15 is 0 Å². The molecule has 0 aromatic rings. The molecular weight excluding hydrogens is 297 g/mol. The Kier molecular flexibility index (Phi) is 9.07. The lowest BCUT2D eigenvalue weighted by atomic mass is 9.95. The molecular formula is C14H29Cl2N3O. The van der Waals surface area contributed by atoms with Crippen LogP contribution < -0.4 is 5.32 Å². The highest BCUT2D eigenvalue weighted by Crippen LogP contribution is 2.20. The lowest BCUT2D eigenvalue weighted by Gasteiger charge is -2.43. The molecule has 2 saturated heterocycles. The van der Waals surface area contributed by atoms with Crippen LogP contribution in [-0.4, -0.2) is 60.5 Å². The van der Waals surface area contributed by atoms with Crippen LogP contribution >= 0.6 is 24.8 Å². The summed E-state index contributed by atoms with van der Waals surface area (Å²) in [6.07, 6.45) is 2.02. The summed E-state index contributed by atoms with van der Waals surface area (Å²) < 4.78 is 0. The van der Waals surface area contributed by atoms with Crippen molar-refractivity contribution in [1.29, 1.82) is 0 Å². The van der Waals surface area contributed by atoms with Gasteiger partial charge in [0.1, 0.15) is 0 Å². The summed E-state index contributed by atoms with van der Waals surface area (Å²) in [5.74, 6) is 0.659. The second-order valence-corrected chi connectivity index (χ2v) is 5.99. The van der Waals surface area contributed by atoms with E-state index in [0.29, 0.717) is 18.0 Å². The van der Waals surface area contributed by atoms with Crippen LogP contribution in [0, 0.1) is 5.92 Å². The third-order valence-corrected chi connectivity index (χ3v) is 4.36. The molecule has 0 aliphatic carbocycles. The van der Waals surface area contributed by atoms with Crippen molar-refractivity contribution in [2.75, 3.05) is 32.7 Å². The summed E-state index contributed by atoms with van der Waals surface area (Å²) in [6.45, 7) is 11.6. The number of hydrogen-bond donors (Lipinski definition) is 1. The highest BCUT2D eigenvalue weighted by atomic mass is 35.5. The van der Waals surface area contributed by atoms with E-state index in [-0.39, 0.29) is 30.7 Å². The fraction of sp³-hybridized carbons (Fsp3) is 0.929. The molecule has 1 atom stereocenters. The number of piperazine rings is 1. The highest BCUT2D eigenvalue weighted by molar-refractivity contribution is 5.85. The van der Waals surface area contributed by atoms with Crippen molar-refractivity contribution in [3.63, 3.8) is 0 Å². The van der Waals surface area contributed by atoms with Crippen molar-refractivity contribution in [3.8, 4) is 0 Å². The van der Waals surface area contributed by atoms with Crippen LogP contribution in [-0.2, 0) is 4.79 Å². The number of piperidine rings is 1. The topological polar surface area (TPSA) is 35.6 Å². The number of carbonyl (C=O) groups is 1. The molecule has 2 aliphatic rings. The SMILES string of the molecule is CC(C)N1CCN(C(=O)C2CCNCC2)C(C)C1.Cl.Cl. The molecule has 120 valence electrons. The first-order valence-corrected chi connectivity index (χ1v) is 7.35. The zero-order valence-corrected chi connectivity index (χ0v) is 14.4. The van der Waals surface area contributed by atoms with E-state index in [1.165, 1.54) is 0 Å². The molecule has 2 heterocycles. The summed E-state index contributed by atoms with van der Waals surface area (Å²) >= 11 is 0. The van der Waals surface area contributed by atoms with Crippen molar-refractivity contribution in [1.82, 2.24) is 15.1 Å². The first-order chi connectivity index (χ1) is 8.59. The van der Waals surface area contributed by atoms with Crippen molar-refractivity contribution in [2.24, 2.45) is 5.92 Å². The zero-order chi connectivity index (χ0) is 13.1. The van der Waals surface area contributed by atoms with Crippen LogP contribution in [0.1, 0.15) is 33.6 Å². The Balaban J connectivity index is 0.00000180. The van der Waals surface area contributed by atoms with Gasteiger partial charge in [-0.2, -0.15) is 0 Å². The van der Waals surface area contributed by atoms with Gasteiger partial charge in [-0.1, -0.05) is 0 Å². The normalized spacial score (nSPS) is 25.0. The van der Waals surface area contributed by atoms with Gasteiger partial charge in [-0.05, 0) is 46.7 Å². The summed E-state index contributed by atoms with van der Waals surface area (Å²) in [7, 11) is 0. The minimum Gasteiger partial charge on any atom is -0.337 e. The van der Waals surface area contributed by atoms with E-state index in [1.54, 1.807) is 0 Å². The molecule has 1 amide bonds. The van der Waals surface area contributed by atoms with Gasteiger partial charge in [0.2, 0.25) is 5.91 Å². The van der Waals surface area contributed by atoms with Crippen LogP contribution in [0.3, 0.4) is 0 Å². The number of halogens is 2. The van der Waals surface area contributed by atoms with Crippen LogP contribution in [0.5, 0.6) is 0 Å². The summed E-state index contributed by atoms with van der Waals surface area (Å²) in [5.41, 5.74) is 0. The Bertz CT molecular complexity index is 296. The van der Waals surface area contributed by atoms with Gasteiger partial charge in [0, 0.05) is 37.6 Å². The molecule has 0 radical (unpaired) electrons. The maximum Gasteiger partial charge on any atom is 0.226 e. The van der Waals surface area contributed by atoms with Gasteiger partial charge in [-0.3, -0.25) is 9.69 Å². The first kappa shape index (κ1) is 20.0. The smallest absolute Gasteiger partial charge is 0.226 e. The van der Waals surface area contributed by atoms with Crippen LogP contribution in [0.15, 0.2) is 0 Å². The first-order valence-electron chi connectivity index (χ1n) is 7.35. The summed E-state index contributed by atoms with van der Waals surface area (Å²) in [6, 6.07) is 0.951. The molecule has 1 unspecified atom stereocenters. The molecule has 0 bridgehead atoms. The van der Waals surface area contributed by atoms with Gasteiger partial charge >= 0.3 is 0 Å². The van der Waals surface area contributed by atoms with E-state index in [0.717, 1.165) is 45.6 Å². The molecule has 0 spiro atoms. The van der Waals surface area contributed by atoms with Gasteiger partial charge in [-0.25, -0.2) is 0 Å². The molecule has 0 aromatic carbocycles. The fourth-order valence-corrected chi connectivity index (χ4v) is 3.09. The molecule has 0 saturated carbocycles. The van der Waals surface area contributed by atoms with E-state index in [2.05, 4.69) is 35.9 Å². The van der Waals surface area contributed by atoms with Gasteiger partial charge in [0.05, 0.1) is 0 Å². The van der Waals surface area contributed by atoms with E-state index in [1.807, 2.05) is 0 Å². The predicted molar refractivity (Wildman–Crippen MR) is 88.0 cm³/mol. The fourth-order valence-electron chi connectivity index (χ4n) is 3.09. The molecule has 2 aliphatic heterocycles. The molecule has 2 rings (SSSR count). The minimum absolute atomic E-state index is 0. The second kappa shape index (κ2) is 9.08. The van der Waals surface area contributed by atoms with E-state index in [4.69, 9.17) is 0 Å². The standard InChI is InChI=1S/C14H27N3O.2ClH/c1-11(2)16-8-9-17(12(3)10-16)14(18)13-4-6-15-7-5-13;;/h11-13,15H,4-10H2,1-3H3;2*1H. The van der Waals surface area contributed by atoms with Crippen LogP contribution in [0.4, 0.5) is 0 Å². The highest BCUT2D eigenvalue weighted by Gasteiger charge is 2.32. The number of hydrogen-bond acceptors (Lipinski definition) is 3. The quantitative estimate of drug-likeness (QED) is 0.840. The minimum atomic E-state index is 0. The van der Waals surface area contributed by atoms with Gasteiger partial charge in [0.15, 0.2) is 0 Å². The maximum atomic E-state index is 12.5. The Morgan fingerprint density at radius 1 is 1.15 bits per heavy atom. The number of nitrogens with one attached hydrogen (secondary N) is 1. The molecule has 1 N–H and O–H groups in total. The molecule has 2 fully saturated rings. The molecule has 4 nitrogen and oxygen atoms in total. The van der Waals surface area contributed by atoms with Crippen molar-refractivity contribution in [3.05, 3.63) is 0 Å². The monoisotopic (exact) mass is 325 g/mol. The summed E-state index contributed by atoms with van der Waals surface area (Å²) in [4.78, 5) is 17.1. The Hall–Kier alpha value is -0.0300. The number of nitrogens with zero attached hydrogens (tertiary/aromatic N) is 2. The molecule has 0 aromatic heterocycles. The van der Waals surface area contributed by atoms with Crippen LogP contribution in [0.2, 0.25) is 0 Å². The van der Waals surface area contributed by atoms with E-state index < -0.39 is 0 Å². The average Bonchev–Trinajstić information content (AvgIpc) is 2.38. The summed E-state index contributed by atoms with van der Waals surface area (Å²) in [5, 5.41) is 3.33. The molecule has 6 heteroatoms. The average molecular weight is 326 g/mol. The third-order valence-electron chi connectivity index (χ3n) is 4.36. The predicted octanol–water partition coefficient (Wildman–Crippen LogP) is 1.77. The van der Waals surface area contributed by atoms with Gasteiger partial charge in [-0.15, -0.1) is 24.8 Å². The zero-order valence-electron chi connectivity index (χ0n) is 12.8. The number of amides is 1. The third kappa shape index (κ3) is 4.76. The molecule has 20 heavy (non-hydrogen) atoms. The second-order valence-electron chi connectivity index (χ2n) is 5.99. The lowest BCUT2D eigenvalue weighted by Crippen LogP contribution is -2.57. The number of carbonyl (C=O) groups excluding carboxylic acids is 1. The van der Waals surface area contributed by atoms with Crippen molar-refractivity contribution < 1.29 is 4.79 Å².